The number of anilines is 1. The van der Waals surface area contributed by atoms with Gasteiger partial charge in [-0.3, -0.25) is 9.78 Å². The zero-order chi connectivity index (χ0) is 14.8. The second-order valence-corrected chi connectivity index (χ2v) is 5.00. The molecule has 3 rings (SSSR count). The molecule has 2 aromatic heterocycles. The first-order valence-electron chi connectivity index (χ1n) is 6.70. The van der Waals surface area contributed by atoms with Crippen LogP contribution in [-0.4, -0.2) is 15.9 Å². The van der Waals surface area contributed by atoms with Crippen LogP contribution in [0.25, 0.3) is 10.9 Å². The van der Waals surface area contributed by atoms with E-state index in [1.165, 1.54) is 0 Å². The number of aromatic amines is 1. The lowest BCUT2D eigenvalue weighted by atomic mass is 10.1. The SMILES string of the molecule is Cc1ccc(CNC(=O)c2c[nH]c3cc(N)ccc23)cn1. The summed E-state index contributed by atoms with van der Waals surface area (Å²) in [5, 5.41) is 3.76. The molecule has 0 fully saturated rings. The van der Waals surface area contributed by atoms with Crippen molar-refractivity contribution < 1.29 is 4.79 Å². The fraction of sp³-hybridized carbons (Fsp3) is 0.125. The highest BCUT2D eigenvalue weighted by atomic mass is 16.1. The van der Waals surface area contributed by atoms with Gasteiger partial charge in [-0.2, -0.15) is 0 Å². The van der Waals surface area contributed by atoms with Gasteiger partial charge in [0.1, 0.15) is 0 Å². The minimum atomic E-state index is -0.119. The van der Waals surface area contributed by atoms with Gasteiger partial charge in [0.25, 0.3) is 5.91 Å². The number of nitrogens with zero attached hydrogens (tertiary/aromatic N) is 1. The fourth-order valence-electron chi connectivity index (χ4n) is 2.21. The van der Waals surface area contributed by atoms with E-state index in [1.54, 1.807) is 18.5 Å². The first-order valence-corrected chi connectivity index (χ1v) is 6.70. The van der Waals surface area contributed by atoms with Crippen LogP contribution in [0.4, 0.5) is 5.69 Å². The van der Waals surface area contributed by atoms with Crippen LogP contribution >= 0.6 is 0 Å². The van der Waals surface area contributed by atoms with Gasteiger partial charge in [0.2, 0.25) is 0 Å². The normalized spacial score (nSPS) is 10.7. The van der Waals surface area contributed by atoms with E-state index in [-0.39, 0.29) is 5.91 Å². The molecule has 1 amide bonds. The molecule has 3 aromatic rings. The Kier molecular flexibility index (Phi) is 3.31. The van der Waals surface area contributed by atoms with Crippen LogP contribution in [0.15, 0.2) is 42.7 Å². The molecule has 4 N–H and O–H groups in total. The van der Waals surface area contributed by atoms with E-state index < -0.39 is 0 Å². The standard InChI is InChI=1S/C16H16N4O/c1-10-2-3-11(7-18-10)8-20-16(21)14-9-19-15-6-12(17)4-5-13(14)15/h2-7,9,19H,8,17H2,1H3,(H,20,21). The number of nitrogens with two attached hydrogens (primary N) is 1. The highest BCUT2D eigenvalue weighted by Gasteiger charge is 2.11. The number of hydrogen-bond acceptors (Lipinski definition) is 3. The Morgan fingerprint density at radius 1 is 1.33 bits per heavy atom. The summed E-state index contributed by atoms with van der Waals surface area (Å²) in [6.45, 7) is 2.38. The lowest BCUT2D eigenvalue weighted by Gasteiger charge is -2.05. The Balaban J connectivity index is 1.76. The highest BCUT2D eigenvalue weighted by molar-refractivity contribution is 6.07. The summed E-state index contributed by atoms with van der Waals surface area (Å²) in [7, 11) is 0. The molecular formula is C16H16N4O. The summed E-state index contributed by atoms with van der Waals surface area (Å²) in [5.74, 6) is -0.119. The molecule has 106 valence electrons. The number of benzene rings is 1. The number of pyridine rings is 1. The molecule has 0 aliphatic rings. The third-order valence-electron chi connectivity index (χ3n) is 3.38. The minimum absolute atomic E-state index is 0.119. The molecule has 0 radical (unpaired) electrons. The van der Waals surface area contributed by atoms with Crippen molar-refractivity contribution in [3.8, 4) is 0 Å². The highest BCUT2D eigenvalue weighted by Crippen LogP contribution is 2.20. The monoisotopic (exact) mass is 280 g/mol. The van der Waals surface area contributed by atoms with Gasteiger partial charge >= 0.3 is 0 Å². The molecule has 2 heterocycles. The van der Waals surface area contributed by atoms with Gasteiger partial charge in [-0.05, 0) is 36.8 Å². The van der Waals surface area contributed by atoms with Gasteiger partial charge < -0.3 is 16.0 Å². The topological polar surface area (TPSA) is 83.8 Å². The van der Waals surface area contributed by atoms with Crippen molar-refractivity contribution in [2.24, 2.45) is 0 Å². The largest absolute Gasteiger partial charge is 0.399 e. The molecule has 0 saturated carbocycles. The van der Waals surface area contributed by atoms with Gasteiger partial charge in [0.15, 0.2) is 0 Å². The second kappa shape index (κ2) is 5.28. The Bertz CT molecular complexity index is 790. The van der Waals surface area contributed by atoms with Crippen molar-refractivity contribution in [2.45, 2.75) is 13.5 Å². The van der Waals surface area contributed by atoms with Crippen LogP contribution in [-0.2, 0) is 6.54 Å². The summed E-state index contributed by atoms with van der Waals surface area (Å²) in [5.41, 5.74) is 9.80. The summed E-state index contributed by atoms with van der Waals surface area (Å²) < 4.78 is 0. The average molecular weight is 280 g/mol. The van der Waals surface area contributed by atoms with Gasteiger partial charge in [0.05, 0.1) is 5.56 Å². The number of aryl methyl sites for hydroxylation is 1. The Morgan fingerprint density at radius 3 is 2.95 bits per heavy atom. The van der Waals surface area contributed by atoms with E-state index in [9.17, 15) is 4.79 Å². The molecular weight excluding hydrogens is 264 g/mol. The number of nitrogen functional groups attached to an aromatic ring is 1. The van der Waals surface area contributed by atoms with Crippen molar-refractivity contribution in [3.63, 3.8) is 0 Å². The molecule has 0 spiro atoms. The van der Waals surface area contributed by atoms with Crippen LogP contribution in [0.1, 0.15) is 21.6 Å². The summed E-state index contributed by atoms with van der Waals surface area (Å²) in [6.07, 6.45) is 3.47. The van der Waals surface area contributed by atoms with E-state index in [0.29, 0.717) is 17.8 Å². The number of carbonyl (C=O) groups excluding carboxylic acids is 1. The quantitative estimate of drug-likeness (QED) is 0.644. The van der Waals surface area contributed by atoms with Crippen LogP contribution in [0.5, 0.6) is 0 Å². The number of H-pyrrole nitrogens is 1. The number of rotatable bonds is 3. The van der Waals surface area contributed by atoms with E-state index >= 15 is 0 Å². The average Bonchev–Trinajstić information content (AvgIpc) is 2.89. The molecule has 5 heteroatoms. The van der Waals surface area contributed by atoms with E-state index in [0.717, 1.165) is 22.2 Å². The number of carbonyl (C=O) groups is 1. The third-order valence-corrected chi connectivity index (χ3v) is 3.38. The summed E-state index contributed by atoms with van der Waals surface area (Å²) in [6, 6.07) is 9.34. The van der Waals surface area contributed by atoms with E-state index in [2.05, 4.69) is 15.3 Å². The van der Waals surface area contributed by atoms with Crippen molar-refractivity contribution in [3.05, 3.63) is 59.5 Å². The van der Waals surface area contributed by atoms with Crippen LogP contribution in [0.3, 0.4) is 0 Å². The van der Waals surface area contributed by atoms with Crippen LogP contribution < -0.4 is 11.1 Å². The summed E-state index contributed by atoms with van der Waals surface area (Å²) >= 11 is 0. The predicted molar refractivity (Wildman–Crippen MR) is 82.9 cm³/mol. The van der Waals surface area contributed by atoms with Crippen LogP contribution in [0.2, 0.25) is 0 Å². The fourth-order valence-corrected chi connectivity index (χ4v) is 2.21. The van der Waals surface area contributed by atoms with Crippen molar-refractivity contribution >= 4 is 22.5 Å². The van der Waals surface area contributed by atoms with Crippen molar-refractivity contribution in [1.82, 2.24) is 15.3 Å². The molecule has 0 aliphatic heterocycles. The second-order valence-electron chi connectivity index (χ2n) is 5.00. The van der Waals surface area contributed by atoms with E-state index in [1.807, 2.05) is 31.2 Å². The molecule has 0 atom stereocenters. The first kappa shape index (κ1) is 13.2. The zero-order valence-corrected chi connectivity index (χ0v) is 11.7. The lowest BCUT2D eigenvalue weighted by Crippen LogP contribution is -2.22. The maximum atomic E-state index is 12.3. The number of nitrogens with one attached hydrogen (secondary N) is 2. The first-order chi connectivity index (χ1) is 10.1. The summed E-state index contributed by atoms with van der Waals surface area (Å²) in [4.78, 5) is 19.5. The maximum absolute atomic E-state index is 12.3. The van der Waals surface area contributed by atoms with Crippen LogP contribution in [0, 0.1) is 6.92 Å². The van der Waals surface area contributed by atoms with E-state index in [4.69, 9.17) is 5.73 Å². The van der Waals surface area contributed by atoms with Crippen molar-refractivity contribution in [2.75, 3.05) is 5.73 Å². The van der Waals surface area contributed by atoms with Gasteiger partial charge in [0, 0.05) is 41.2 Å². The molecule has 0 bridgehead atoms. The molecule has 0 unspecified atom stereocenters. The Morgan fingerprint density at radius 2 is 2.19 bits per heavy atom. The van der Waals surface area contributed by atoms with Gasteiger partial charge in [-0.15, -0.1) is 0 Å². The third kappa shape index (κ3) is 2.72. The zero-order valence-electron chi connectivity index (χ0n) is 11.7. The number of hydrogen-bond donors (Lipinski definition) is 3. The number of amides is 1. The predicted octanol–water partition coefficient (Wildman–Crippen LogP) is 2.38. The maximum Gasteiger partial charge on any atom is 0.253 e. The Labute approximate surface area is 122 Å². The molecule has 1 aromatic carbocycles. The van der Waals surface area contributed by atoms with Gasteiger partial charge in [-0.25, -0.2) is 0 Å². The Hall–Kier alpha value is -2.82. The molecule has 5 nitrogen and oxygen atoms in total. The minimum Gasteiger partial charge on any atom is -0.399 e. The molecule has 21 heavy (non-hydrogen) atoms. The number of aromatic nitrogens is 2. The smallest absolute Gasteiger partial charge is 0.253 e. The van der Waals surface area contributed by atoms with Crippen molar-refractivity contribution in [1.29, 1.82) is 0 Å². The molecule has 0 saturated heterocycles. The lowest BCUT2D eigenvalue weighted by molar-refractivity contribution is 0.0952. The number of fused-ring (bicyclic) bond motifs is 1. The van der Waals surface area contributed by atoms with Gasteiger partial charge in [-0.1, -0.05) is 6.07 Å². The molecule has 0 aliphatic carbocycles.